The van der Waals surface area contributed by atoms with E-state index in [0.29, 0.717) is 11.1 Å². The van der Waals surface area contributed by atoms with Crippen molar-refractivity contribution in [2.45, 2.75) is 62.9 Å². The van der Waals surface area contributed by atoms with Crippen molar-refractivity contribution in [3.8, 4) is 11.5 Å². The van der Waals surface area contributed by atoms with Crippen LogP contribution in [0.1, 0.15) is 30.9 Å². The zero-order chi connectivity index (χ0) is 32.1. The minimum atomic E-state index is -1.57. The van der Waals surface area contributed by atoms with Gasteiger partial charge in [-0.2, -0.15) is 0 Å². The maximum atomic E-state index is 13.3. The molecule has 3 amide bonds. The number of hydrogen-bond donors (Lipinski definition) is 10. The number of carboxylic acids is 1. The maximum Gasteiger partial charge on any atom is 0.326 e. The molecular weight excluding hydrogens is 562 g/mol. The van der Waals surface area contributed by atoms with E-state index in [1.54, 1.807) is 12.1 Å². The van der Waals surface area contributed by atoms with Crippen LogP contribution in [-0.4, -0.2) is 86.9 Å². The molecule has 15 heteroatoms. The predicted molar refractivity (Wildman–Crippen MR) is 157 cm³/mol. The second kappa shape index (κ2) is 16.5. The quantitative estimate of drug-likeness (QED) is 0.0581. The highest BCUT2D eigenvalue weighted by atomic mass is 16.4. The number of phenolic OH excluding ortho intramolecular Hbond substituents is 2. The highest BCUT2D eigenvalue weighted by Crippen LogP contribution is 2.13. The first-order valence-electron chi connectivity index (χ1n) is 13.5. The molecule has 5 unspecified atom stereocenters. The van der Waals surface area contributed by atoms with Crippen molar-refractivity contribution in [3.63, 3.8) is 0 Å². The number of carboxylic acid groups (broad SMARTS) is 1. The third-order valence-corrected chi connectivity index (χ3v) is 6.36. The van der Waals surface area contributed by atoms with Crippen LogP contribution in [0.3, 0.4) is 0 Å². The van der Waals surface area contributed by atoms with Crippen LogP contribution >= 0.6 is 0 Å². The highest BCUT2D eigenvalue weighted by Gasteiger charge is 2.32. The van der Waals surface area contributed by atoms with Crippen LogP contribution in [0.25, 0.3) is 0 Å². The summed E-state index contributed by atoms with van der Waals surface area (Å²) in [5.41, 5.74) is 17.9. The highest BCUT2D eigenvalue weighted by molar-refractivity contribution is 5.94. The largest absolute Gasteiger partial charge is 0.508 e. The topological polar surface area (TPSA) is 276 Å². The number of aliphatic carboxylic acids is 1. The second-order valence-electron chi connectivity index (χ2n) is 9.98. The fourth-order valence-electron chi connectivity index (χ4n) is 4.02. The molecule has 0 heterocycles. The van der Waals surface area contributed by atoms with Gasteiger partial charge in [-0.25, -0.2) is 4.79 Å². The summed E-state index contributed by atoms with van der Waals surface area (Å²) in [6.07, 6.45) is -1.19. The number of carbonyl (C=O) groups is 4. The molecule has 5 atom stereocenters. The van der Waals surface area contributed by atoms with Gasteiger partial charge in [-0.3, -0.25) is 19.4 Å². The van der Waals surface area contributed by atoms with Crippen LogP contribution in [0.5, 0.6) is 11.5 Å². The third kappa shape index (κ3) is 11.9. The molecule has 0 bridgehead atoms. The number of rotatable bonds is 16. The van der Waals surface area contributed by atoms with Crippen molar-refractivity contribution in [1.82, 2.24) is 16.0 Å². The normalized spacial score (nSPS) is 14.3. The van der Waals surface area contributed by atoms with Gasteiger partial charge < -0.3 is 53.6 Å². The lowest BCUT2D eigenvalue weighted by molar-refractivity contribution is -0.143. The molecule has 13 N–H and O–H groups in total. The maximum absolute atomic E-state index is 13.3. The Morgan fingerprint density at radius 2 is 1.30 bits per heavy atom. The fraction of sp³-hybridized carbons (Fsp3) is 0.393. The molecule has 2 rings (SSSR count). The summed E-state index contributed by atoms with van der Waals surface area (Å²) < 4.78 is 0. The lowest BCUT2D eigenvalue weighted by atomic mass is 10.0. The Hall–Kier alpha value is -4.89. The van der Waals surface area contributed by atoms with Crippen LogP contribution in [0.15, 0.2) is 53.5 Å². The molecule has 234 valence electrons. The number of guanidine groups is 1. The molecule has 0 aromatic heterocycles. The van der Waals surface area contributed by atoms with Crippen LogP contribution in [-0.2, 0) is 32.0 Å². The van der Waals surface area contributed by atoms with Crippen molar-refractivity contribution in [1.29, 1.82) is 0 Å². The number of aliphatic imine (C=N–C) groups is 1. The zero-order valence-corrected chi connectivity index (χ0v) is 23.6. The van der Waals surface area contributed by atoms with E-state index in [4.69, 9.17) is 17.2 Å². The number of carbonyl (C=O) groups excluding carboxylic acids is 3. The predicted octanol–water partition coefficient (Wildman–Crippen LogP) is -1.82. The zero-order valence-electron chi connectivity index (χ0n) is 23.6. The SMILES string of the molecule is CC(O)C(NC(=O)C(CCCN=C(N)N)NC(=O)C(N)Cc1ccc(O)cc1)C(=O)NC(Cc1ccc(O)cc1)C(=O)O. The molecule has 0 fully saturated rings. The Morgan fingerprint density at radius 1 is 0.791 bits per heavy atom. The Morgan fingerprint density at radius 3 is 1.79 bits per heavy atom. The summed E-state index contributed by atoms with van der Waals surface area (Å²) in [6, 6.07) is 6.54. The number of hydrogen-bond acceptors (Lipinski definition) is 9. The average Bonchev–Trinajstić information content (AvgIpc) is 2.94. The van der Waals surface area contributed by atoms with Crippen molar-refractivity contribution >= 4 is 29.7 Å². The molecule has 0 spiro atoms. The van der Waals surface area contributed by atoms with Crippen LogP contribution < -0.4 is 33.2 Å². The first kappa shape index (κ1) is 34.3. The smallest absolute Gasteiger partial charge is 0.326 e. The lowest BCUT2D eigenvalue weighted by Crippen LogP contribution is -2.60. The van der Waals surface area contributed by atoms with E-state index in [1.807, 2.05) is 0 Å². The molecular formula is C28H39N7O8. The average molecular weight is 602 g/mol. The van der Waals surface area contributed by atoms with Crippen LogP contribution in [0, 0.1) is 0 Å². The molecule has 2 aromatic carbocycles. The van der Waals surface area contributed by atoms with E-state index in [1.165, 1.54) is 43.3 Å². The number of benzene rings is 2. The third-order valence-electron chi connectivity index (χ3n) is 6.36. The standard InChI is InChI=1S/C28H39N7O8/c1-15(36)23(26(41)34-22(27(42)43)14-17-6-10-19(38)11-7-17)35-25(40)21(3-2-12-32-28(30)31)33-24(39)20(29)13-16-4-8-18(37)9-5-16/h4-11,15,20-23,36-38H,2-3,12-14,29H2,1H3,(H,33,39)(H,34,41)(H,35,40)(H,42,43)(H4,30,31,32). The van der Waals surface area contributed by atoms with E-state index in [9.17, 15) is 39.6 Å². The van der Waals surface area contributed by atoms with E-state index in [2.05, 4.69) is 20.9 Å². The Kier molecular flexibility index (Phi) is 13.2. The van der Waals surface area contributed by atoms with Gasteiger partial charge in [-0.15, -0.1) is 0 Å². The molecule has 0 aliphatic heterocycles. The lowest BCUT2D eigenvalue weighted by Gasteiger charge is -2.26. The molecule has 15 nitrogen and oxygen atoms in total. The Balaban J connectivity index is 2.14. The molecule has 0 radical (unpaired) electrons. The molecule has 2 aromatic rings. The van der Waals surface area contributed by atoms with Crippen LogP contribution in [0.2, 0.25) is 0 Å². The van der Waals surface area contributed by atoms with E-state index < -0.39 is 54.0 Å². The monoisotopic (exact) mass is 601 g/mol. The number of aliphatic hydroxyl groups excluding tert-OH is 1. The number of nitrogens with zero attached hydrogens (tertiary/aromatic N) is 1. The van der Waals surface area contributed by atoms with E-state index in [-0.39, 0.29) is 49.7 Å². The summed E-state index contributed by atoms with van der Waals surface area (Å²) in [5.74, 6) is -3.96. The molecule has 0 aliphatic rings. The van der Waals surface area contributed by atoms with Gasteiger partial charge in [0.15, 0.2) is 5.96 Å². The second-order valence-corrected chi connectivity index (χ2v) is 9.98. The van der Waals surface area contributed by atoms with Crippen molar-refractivity contribution < 1.29 is 39.6 Å². The number of phenols is 2. The van der Waals surface area contributed by atoms with Crippen LogP contribution in [0.4, 0.5) is 0 Å². The Labute approximate surface area is 248 Å². The summed E-state index contributed by atoms with van der Waals surface area (Å²) in [7, 11) is 0. The van der Waals surface area contributed by atoms with Crippen molar-refractivity contribution in [3.05, 3.63) is 59.7 Å². The number of nitrogens with two attached hydrogens (primary N) is 3. The first-order valence-corrected chi connectivity index (χ1v) is 13.5. The number of aliphatic hydroxyl groups is 1. The number of aromatic hydroxyl groups is 2. The van der Waals surface area contributed by atoms with Gasteiger partial charge in [0, 0.05) is 13.0 Å². The summed E-state index contributed by atoms with van der Waals surface area (Å²) in [5, 5.41) is 46.1. The van der Waals surface area contributed by atoms with Gasteiger partial charge in [0.05, 0.1) is 12.1 Å². The molecule has 0 saturated carbocycles. The Bertz CT molecular complexity index is 1260. The van der Waals surface area contributed by atoms with Gasteiger partial charge >= 0.3 is 5.97 Å². The molecule has 0 saturated heterocycles. The van der Waals surface area contributed by atoms with E-state index >= 15 is 0 Å². The minimum Gasteiger partial charge on any atom is -0.508 e. The number of amides is 3. The van der Waals surface area contributed by atoms with Gasteiger partial charge in [0.1, 0.15) is 29.6 Å². The summed E-state index contributed by atoms with van der Waals surface area (Å²) in [6.45, 7) is 1.37. The van der Waals surface area contributed by atoms with Gasteiger partial charge in [0.25, 0.3) is 0 Å². The summed E-state index contributed by atoms with van der Waals surface area (Å²) >= 11 is 0. The van der Waals surface area contributed by atoms with Gasteiger partial charge in [0.2, 0.25) is 17.7 Å². The van der Waals surface area contributed by atoms with E-state index in [0.717, 1.165) is 0 Å². The first-order chi connectivity index (χ1) is 20.3. The molecule has 43 heavy (non-hydrogen) atoms. The minimum absolute atomic E-state index is 0.0159. The molecule has 0 aliphatic carbocycles. The van der Waals surface area contributed by atoms with Crippen molar-refractivity contribution in [2.24, 2.45) is 22.2 Å². The van der Waals surface area contributed by atoms with Gasteiger partial charge in [-0.05, 0) is 61.6 Å². The van der Waals surface area contributed by atoms with Crippen molar-refractivity contribution in [2.75, 3.05) is 6.54 Å². The van der Waals surface area contributed by atoms with Gasteiger partial charge in [-0.1, -0.05) is 24.3 Å². The number of nitrogens with one attached hydrogen (secondary N) is 3. The summed E-state index contributed by atoms with van der Waals surface area (Å²) in [4.78, 5) is 54.9. The fourth-order valence-corrected chi connectivity index (χ4v) is 4.02.